The predicted octanol–water partition coefficient (Wildman–Crippen LogP) is 4.60. The van der Waals surface area contributed by atoms with E-state index in [1.807, 2.05) is 43.3 Å². The van der Waals surface area contributed by atoms with Crippen molar-refractivity contribution in [2.45, 2.75) is 13.5 Å². The lowest BCUT2D eigenvalue weighted by Crippen LogP contribution is -2.05. The second kappa shape index (κ2) is 6.38. The fourth-order valence-corrected chi connectivity index (χ4v) is 3.16. The molecule has 0 atom stereocenters. The fourth-order valence-electron chi connectivity index (χ4n) is 2.82. The second-order valence-electron chi connectivity index (χ2n) is 5.92. The molecule has 7 nitrogen and oxygen atoms in total. The number of amides is 1. The van der Waals surface area contributed by atoms with Crippen molar-refractivity contribution in [1.82, 2.24) is 14.5 Å². The van der Waals surface area contributed by atoms with Crippen molar-refractivity contribution in [2.24, 2.45) is 10.2 Å². The number of benzene rings is 2. The summed E-state index contributed by atoms with van der Waals surface area (Å²) >= 11 is 3.45. The van der Waals surface area contributed by atoms with Gasteiger partial charge in [0, 0.05) is 9.86 Å². The maximum atomic E-state index is 12.2. The quantitative estimate of drug-likeness (QED) is 0.481. The van der Waals surface area contributed by atoms with Crippen LogP contribution in [0, 0.1) is 6.92 Å². The maximum Gasteiger partial charge on any atom is 0.284 e. The Morgan fingerprint density at radius 3 is 3.00 bits per heavy atom. The molecule has 4 rings (SSSR count). The first kappa shape index (κ1) is 16.5. The number of nitrogens with zero attached hydrogens (tertiary/aromatic N) is 4. The molecule has 2 aromatic carbocycles. The van der Waals surface area contributed by atoms with E-state index in [-0.39, 0.29) is 18.1 Å². The number of carbonyl (C=O) groups excluding carboxylic acids is 1. The van der Waals surface area contributed by atoms with Crippen LogP contribution in [0.1, 0.15) is 5.56 Å². The van der Waals surface area contributed by atoms with Gasteiger partial charge in [0.1, 0.15) is 6.54 Å². The summed E-state index contributed by atoms with van der Waals surface area (Å²) in [5, 5.41) is 18.5. The molecular formula is C18H14BrN5O2. The molecule has 0 spiro atoms. The average Bonchev–Trinajstić information content (AvgIpc) is 3.15. The number of halogens is 1. The van der Waals surface area contributed by atoms with E-state index >= 15 is 0 Å². The van der Waals surface area contributed by atoms with Crippen LogP contribution in [0.3, 0.4) is 0 Å². The number of hydrogen-bond donors (Lipinski definition) is 2. The molecule has 0 bridgehead atoms. The number of aromatic nitrogens is 3. The highest BCUT2D eigenvalue weighted by atomic mass is 79.9. The van der Waals surface area contributed by atoms with Gasteiger partial charge in [-0.2, -0.15) is 0 Å². The van der Waals surface area contributed by atoms with Gasteiger partial charge < -0.3 is 14.7 Å². The first-order chi connectivity index (χ1) is 12.5. The second-order valence-corrected chi connectivity index (χ2v) is 6.78. The van der Waals surface area contributed by atoms with Gasteiger partial charge in [0.25, 0.3) is 5.91 Å². The van der Waals surface area contributed by atoms with Crippen LogP contribution in [0.25, 0.3) is 21.9 Å². The van der Waals surface area contributed by atoms with E-state index in [0.29, 0.717) is 10.9 Å². The van der Waals surface area contributed by atoms with Gasteiger partial charge in [-0.25, -0.2) is 4.98 Å². The lowest BCUT2D eigenvalue weighted by atomic mass is 10.1. The largest absolute Gasteiger partial charge is 0.493 e. The number of carbonyl (C=O) groups is 1. The molecule has 0 saturated heterocycles. The highest BCUT2D eigenvalue weighted by molar-refractivity contribution is 9.10. The molecule has 0 radical (unpaired) electrons. The zero-order chi connectivity index (χ0) is 18.3. The van der Waals surface area contributed by atoms with Crippen LogP contribution in [0.15, 0.2) is 57.4 Å². The van der Waals surface area contributed by atoms with Gasteiger partial charge in [0.05, 0.1) is 22.9 Å². The van der Waals surface area contributed by atoms with Crippen LogP contribution in [-0.2, 0) is 11.3 Å². The van der Waals surface area contributed by atoms with Gasteiger partial charge in [0.15, 0.2) is 5.69 Å². The summed E-state index contributed by atoms with van der Waals surface area (Å²) < 4.78 is 2.63. The first-order valence-corrected chi connectivity index (χ1v) is 8.67. The van der Waals surface area contributed by atoms with E-state index in [1.54, 1.807) is 10.9 Å². The Labute approximate surface area is 156 Å². The Bertz CT molecular complexity index is 1180. The Balaban J connectivity index is 1.62. The van der Waals surface area contributed by atoms with Crippen molar-refractivity contribution < 1.29 is 9.90 Å². The number of rotatable bonds is 3. The average molecular weight is 412 g/mol. The molecule has 2 aromatic heterocycles. The number of aromatic amines is 1. The number of aryl methyl sites for hydroxylation is 1. The predicted molar refractivity (Wildman–Crippen MR) is 102 cm³/mol. The molecule has 2 heterocycles. The summed E-state index contributed by atoms with van der Waals surface area (Å²) in [6, 6.07) is 11.3. The summed E-state index contributed by atoms with van der Waals surface area (Å²) in [5.74, 6) is -0.558. The highest BCUT2D eigenvalue weighted by Gasteiger charge is 2.13. The third-order valence-electron chi connectivity index (χ3n) is 4.13. The summed E-state index contributed by atoms with van der Waals surface area (Å²) in [6.45, 7) is 1.96. The van der Waals surface area contributed by atoms with Crippen LogP contribution in [0.5, 0.6) is 5.88 Å². The Morgan fingerprint density at radius 2 is 2.15 bits per heavy atom. The van der Waals surface area contributed by atoms with Gasteiger partial charge >= 0.3 is 0 Å². The van der Waals surface area contributed by atoms with Crippen molar-refractivity contribution in [3.05, 3.63) is 52.8 Å². The topological polar surface area (TPSA) is 95.6 Å². The van der Waals surface area contributed by atoms with Crippen LogP contribution >= 0.6 is 15.9 Å². The van der Waals surface area contributed by atoms with Crippen LogP contribution in [-0.4, -0.2) is 25.5 Å². The molecule has 26 heavy (non-hydrogen) atoms. The minimum atomic E-state index is -0.435. The third-order valence-corrected chi connectivity index (χ3v) is 4.98. The molecule has 1 amide bonds. The van der Waals surface area contributed by atoms with Crippen molar-refractivity contribution in [2.75, 3.05) is 0 Å². The fraction of sp³-hybridized carbons (Fsp3) is 0.111. The summed E-state index contributed by atoms with van der Waals surface area (Å²) in [7, 11) is 0. The molecule has 0 saturated carbocycles. The monoisotopic (exact) mass is 411 g/mol. The molecule has 8 heteroatoms. The lowest BCUT2D eigenvalue weighted by molar-refractivity contribution is -0.118. The number of hydrogen-bond acceptors (Lipinski definition) is 4. The number of aromatic hydroxyl groups is 1. The molecule has 0 aliphatic carbocycles. The van der Waals surface area contributed by atoms with Crippen LogP contribution in [0.4, 0.5) is 5.69 Å². The number of azo groups is 1. The van der Waals surface area contributed by atoms with E-state index in [9.17, 15) is 9.90 Å². The van der Waals surface area contributed by atoms with Gasteiger partial charge in [-0.1, -0.05) is 28.1 Å². The molecular weight excluding hydrogens is 398 g/mol. The molecule has 2 N–H and O–H groups in total. The van der Waals surface area contributed by atoms with E-state index in [4.69, 9.17) is 0 Å². The normalized spacial score (nSPS) is 11.8. The van der Waals surface area contributed by atoms with Gasteiger partial charge in [-0.3, -0.25) is 4.79 Å². The van der Waals surface area contributed by atoms with E-state index in [1.165, 1.54) is 0 Å². The Kier molecular flexibility index (Phi) is 4.04. The standard InChI is InChI=1S/C18H14BrN5O2/c1-10-6-11-14(7-12(10)19)21-18(26)17(11)23-22-16(25)8-24-9-20-13-4-2-3-5-15(13)24/h2-7,9,21,26H,8H2,1H3. The summed E-state index contributed by atoms with van der Waals surface area (Å²) in [6.07, 6.45) is 1.60. The molecule has 0 aliphatic rings. The third kappa shape index (κ3) is 2.88. The number of imidazole rings is 1. The molecule has 4 aromatic rings. The zero-order valence-electron chi connectivity index (χ0n) is 13.8. The molecule has 0 aliphatic heterocycles. The number of H-pyrrole nitrogens is 1. The van der Waals surface area contributed by atoms with E-state index < -0.39 is 5.91 Å². The highest BCUT2D eigenvalue weighted by Crippen LogP contribution is 2.37. The Morgan fingerprint density at radius 1 is 1.35 bits per heavy atom. The molecule has 130 valence electrons. The Hall–Kier alpha value is -3.00. The zero-order valence-corrected chi connectivity index (χ0v) is 15.4. The minimum Gasteiger partial charge on any atom is -0.493 e. The number of nitrogens with one attached hydrogen (secondary N) is 1. The summed E-state index contributed by atoms with van der Waals surface area (Å²) in [5.41, 5.74) is 3.62. The van der Waals surface area contributed by atoms with Gasteiger partial charge in [0.2, 0.25) is 5.88 Å². The lowest BCUT2D eigenvalue weighted by Gasteiger charge is -2.00. The summed E-state index contributed by atoms with van der Waals surface area (Å²) in [4.78, 5) is 19.3. The first-order valence-electron chi connectivity index (χ1n) is 7.88. The maximum absolute atomic E-state index is 12.2. The van der Waals surface area contributed by atoms with Crippen molar-refractivity contribution >= 4 is 49.5 Å². The van der Waals surface area contributed by atoms with E-state index in [0.717, 1.165) is 21.1 Å². The van der Waals surface area contributed by atoms with Crippen molar-refractivity contribution in [3.8, 4) is 5.88 Å². The van der Waals surface area contributed by atoms with Crippen molar-refractivity contribution in [1.29, 1.82) is 0 Å². The number of fused-ring (bicyclic) bond motifs is 2. The van der Waals surface area contributed by atoms with E-state index in [2.05, 4.69) is 36.1 Å². The molecule has 0 unspecified atom stereocenters. The minimum absolute atomic E-state index is 0.0255. The van der Waals surface area contributed by atoms with Crippen LogP contribution in [0.2, 0.25) is 0 Å². The van der Waals surface area contributed by atoms with Crippen LogP contribution < -0.4 is 0 Å². The SMILES string of the molecule is Cc1cc2c(N=NC(=O)Cn3cnc4ccccc43)c(O)[nH]c2cc1Br. The van der Waals surface area contributed by atoms with Gasteiger partial charge in [-0.05, 0) is 36.8 Å². The van der Waals surface area contributed by atoms with Crippen molar-refractivity contribution in [3.63, 3.8) is 0 Å². The smallest absolute Gasteiger partial charge is 0.284 e. The number of para-hydroxylation sites is 2. The molecule has 0 fully saturated rings. The van der Waals surface area contributed by atoms with Gasteiger partial charge in [-0.15, -0.1) is 10.2 Å².